The number of nitrogens with zero attached hydrogens (tertiary/aromatic N) is 5. The molecule has 2 unspecified atom stereocenters. The van der Waals surface area contributed by atoms with E-state index in [1.165, 1.54) is 0 Å². The van der Waals surface area contributed by atoms with Crippen molar-refractivity contribution >= 4 is 34.3 Å². The Bertz CT molecular complexity index is 882. The molecule has 4 rings (SSSR count). The summed E-state index contributed by atoms with van der Waals surface area (Å²) in [5.41, 5.74) is 0.330. The smallest absolute Gasteiger partial charge is 0.410 e. The van der Waals surface area contributed by atoms with E-state index in [1.54, 1.807) is 6.20 Å². The standard InChI is InChI=1S/C18H22ClN5O2/c1-10-14-7-20-15(6-13(14)16(19)22-21-10)23-8-12-5-11(23)9-24(12)17(25)26-18(2,3)4/h6-7,11-12H,5,8-9H2,1-4H3. The lowest BCUT2D eigenvalue weighted by Gasteiger charge is -2.35. The van der Waals surface area contributed by atoms with Crippen molar-refractivity contribution in [1.29, 1.82) is 0 Å². The molecule has 0 saturated carbocycles. The number of likely N-dealkylation sites (tertiary alicyclic amines) is 1. The van der Waals surface area contributed by atoms with E-state index >= 15 is 0 Å². The minimum Gasteiger partial charge on any atom is -0.444 e. The van der Waals surface area contributed by atoms with E-state index in [2.05, 4.69) is 20.1 Å². The van der Waals surface area contributed by atoms with Gasteiger partial charge >= 0.3 is 6.09 Å². The van der Waals surface area contributed by atoms with Gasteiger partial charge in [0, 0.05) is 30.1 Å². The number of amides is 1. The van der Waals surface area contributed by atoms with Crippen LogP contribution in [-0.4, -0.2) is 56.9 Å². The monoisotopic (exact) mass is 375 g/mol. The van der Waals surface area contributed by atoms with Crippen LogP contribution >= 0.6 is 11.6 Å². The van der Waals surface area contributed by atoms with E-state index in [0.717, 1.165) is 35.2 Å². The summed E-state index contributed by atoms with van der Waals surface area (Å²) in [7, 11) is 0. The molecule has 0 aromatic carbocycles. The summed E-state index contributed by atoms with van der Waals surface area (Å²) in [5, 5.41) is 10.2. The Balaban J connectivity index is 1.55. The molecule has 7 nitrogen and oxygen atoms in total. The largest absolute Gasteiger partial charge is 0.444 e. The molecule has 138 valence electrons. The Hall–Kier alpha value is -2.15. The van der Waals surface area contributed by atoms with Crippen molar-refractivity contribution in [2.45, 2.75) is 51.8 Å². The van der Waals surface area contributed by atoms with Crippen molar-refractivity contribution in [3.05, 3.63) is 23.1 Å². The summed E-state index contributed by atoms with van der Waals surface area (Å²) in [6.07, 6.45) is 2.50. The molecule has 2 aliphatic rings. The molecule has 2 aliphatic heterocycles. The number of hydrogen-bond acceptors (Lipinski definition) is 6. The molecule has 1 amide bonds. The van der Waals surface area contributed by atoms with Crippen molar-refractivity contribution < 1.29 is 9.53 Å². The van der Waals surface area contributed by atoms with Gasteiger partial charge in [0.25, 0.3) is 0 Å². The SMILES string of the molecule is Cc1nnc(Cl)c2cc(N3CC4CC3CN4C(=O)OC(C)(C)C)ncc12. The van der Waals surface area contributed by atoms with Crippen LogP contribution in [0.15, 0.2) is 12.3 Å². The first kappa shape index (κ1) is 17.3. The average molecular weight is 376 g/mol. The van der Waals surface area contributed by atoms with E-state index in [0.29, 0.717) is 11.7 Å². The van der Waals surface area contributed by atoms with Crippen LogP contribution < -0.4 is 4.90 Å². The number of rotatable bonds is 1. The van der Waals surface area contributed by atoms with Gasteiger partial charge in [-0.25, -0.2) is 9.78 Å². The van der Waals surface area contributed by atoms with Crippen molar-refractivity contribution in [1.82, 2.24) is 20.1 Å². The highest BCUT2D eigenvalue weighted by molar-refractivity contribution is 6.34. The number of halogens is 1. The lowest BCUT2D eigenvalue weighted by molar-refractivity contribution is 0.0214. The van der Waals surface area contributed by atoms with Crippen molar-refractivity contribution in [2.75, 3.05) is 18.0 Å². The molecule has 2 aromatic rings. The molecule has 0 aliphatic carbocycles. The summed E-state index contributed by atoms with van der Waals surface area (Å²) in [4.78, 5) is 21.1. The Morgan fingerprint density at radius 3 is 2.65 bits per heavy atom. The lowest BCUT2D eigenvalue weighted by atomic mass is 10.2. The van der Waals surface area contributed by atoms with E-state index in [1.807, 2.05) is 38.7 Å². The van der Waals surface area contributed by atoms with E-state index in [9.17, 15) is 4.79 Å². The van der Waals surface area contributed by atoms with Gasteiger partial charge in [-0.05, 0) is 40.2 Å². The van der Waals surface area contributed by atoms with Gasteiger partial charge in [-0.15, -0.1) is 5.10 Å². The fourth-order valence-electron chi connectivity index (χ4n) is 3.78. The molecule has 0 radical (unpaired) electrons. The maximum absolute atomic E-state index is 12.4. The van der Waals surface area contributed by atoms with Crippen molar-refractivity contribution in [3.63, 3.8) is 0 Å². The second-order valence-electron chi connectivity index (χ2n) is 7.99. The van der Waals surface area contributed by atoms with Crippen LogP contribution in [0, 0.1) is 6.92 Å². The van der Waals surface area contributed by atoms with E-state index in [4.69, 9.17) is 16.3 Å². The summed E-state index contributed by atoms with van der Waals surface area (Å²) in [6, 6.07) is 2.37. The number of fused-ring (bicyclic) bond motifs is 3. The van der Waals surface area contributed by atoms with Crippen LogP contribution in [0.2, 0.25) is 5.15 Å². The highest BCUT2D eigenvalue weighted by Crippen LogP contribution is 2.36. The molecule has 2 atom stereocenters. The fourth-order valence-corrected chi connectivity index (χ4v) is 3.97. The number of anilines is 1. The highest BCUT2D eigenvalue weighted by atomic mass is 35.5. The van der Waals surface area contributed by atoms with Gasteiger partial charge in [0.15, 0.2) is 5.15 Å². The third kappa shape index (κ3) is 2.94. The fraction of sp³-hybridized carbons (Fsp3) is 0.556. The molecule has 26 heavy (non-hydrogen) atoms. The van der Waals surface area contributed by atoms with E-state index < -0.39 is 5.60 Å². The maximum atomic E-state index is 12.4. The third-order valence-electron chi connectivity index (χ3n) is 4.95. The number of ether oxygens (including phenoxy) is 1. The normalized spacial score (nSPS) is 22.3. The van der Waals surface area contributed by atoms with Crippen LogP contribution in [-0.2, 0) is 4.74 Å². The van der Waals surface area contributed by atoms with Gasteiger partial charge in [-0.1, -0.05) is 11.6 Å². The zero-order chi connectivity index (χ0) is 18.6. The number of carbonyl (C=O) groups is 1. The summed E-state index contributed by atoms with van der Waals surface area (Å²) in [6.45, 7) is 8.96. The Morgan fingerprint density at radius 2 is 2.00 bits per heavy atom. The minimum atomic E-state index is -0.478. The van der Waals surface area contributed by atoms with Gasteiger partial charge in [-0.2, -0.15) is 5.10 Å². The third-order valence-corrected chi connectivity index (χ3v) is 5.23. The maximum Gasteiger partial charge on any atom is 0.410 e. The van der Waals surface area contributed by atoms with Gasteiger partial charge in [0.05, 0.1) is 17.8 Å². The van der Waals surface area contributed by atoms with Crippen LogP contribution in [0.5, 0.6) is 0 Å². The number of carbonyl (C=O) groups excluding carboxylic acids is 1. The first-order valence-corrected chi connectivity index (χ1v) is 9.15. The molecular formula is C18H22ClN5O2. The molecule has 2 bridgehead atoms. The zero-order valence-electron chi connectivity index (χ0n) is 15.4. The number of aromatic nitrogens is 3. The zero-order valence-corrected chi connectivity index (χ0v) is 16.1. The lowest BCUT2D eigenvalue weighted by Crippen LogP contribution is -2.50. The first-order chi connectivity index (χ1) is 12.2. The van der Waals surface area contributed by atoms with Crippen LogP contribution in [0.1, 0.15) is 32.9 Å². The second-order valence-corrected chi connectivity index (χ2v) is 8.35. The number of hydrogen-bond donors (Lipinski definition) is 0. The topological polar surface area (TPSA) is 71.5 Å². The Kier molecular flexibility index (Phi) is 3.95. The summed E-state index contributed by atoms with van der Waals surface area (Å²) in [5.74, 6) is 0.864. The number of piperazine rings is 1. The van der Waals surface area contributed by atoms with E-state index in [-0.39, 0.29) is 18.2 Å². The second kappa shape index (κ2) is 5.94. The van der Waals surface area contributed by atoms with Crippen LogP contribution in [0.3, 0.4) is 0 Å². The summed E-state index contributed by atoms with van der Waals surface area (Å²) < 4.78 is 5.52. The molecule has 2 saturated heterocycles. The van der Waals surface area contributed by atoms with Crippen molar-refractivity contribution in [2.24, 2.45) is 0 Å². The average Bonchev–Trinajstić information content (AvgIpc) is 3.17. The molecule has 4 heterocycles. The van der Waals surface area contributed by atoms with Gasteiger partial charge < -0.3 is 14.5 Å². The quantitative estimate of drug-likeness (QED) is 0.762. The number of pyridine rings is 1. The molecule has 2 aromatic heterocycles. The van der Waals surface area contributed by atoms with Gasteiger partial charge in [0.2, 0.25) is 0 Å². The molecular weight excluding hydrogens is 354 g/mol. The Morgan fingerprint density at radius 1 is 1.23 bits per heavy atom. The molecule has 2 fully saturated rings. The molecule has 0 N–H and O–H groups in total. The summed E-state index contributed by atoms with van der Waals surface area (Å²) >= 11 is 6.22. The predicted octanol–water partition coefficient (Wildman–Crippen LogP) is 3.18. The Labute approximate surface area is 157 Å². The molecule has 0 spiro atoms. The first-order valence-electron chi connectivity index (χ1n) is 8.78. The molecule has 8 heteroatoms. The number of aryl methyl sites for hydroxylation is 1. The predicted molar refractivity (Wildman–Crippen MR) is 99.6 cm³/mol. The van der Waals surface area contributed by atoms with Crippen molar-refractivity contribution in [3.8, 4) is 0 Å². The minimum absolute atomic E-state index is 0.153. The highest BCUT2D eigenvalue weighted by Gasteiger charge is 2.47. The van der Waals surface area contributed by atoms with Crippen LogP contribution in [0.4, 0.5) is 10.6 Å². The van der Waals surface area contributed by atoms with Gasteiger partial charge in [-0.3, -0.25) is 0 Å². The van der Waals surface area contributed by atoms with Crippen LogP contribution in [0.25, 0.3) is 10.8 Å². The van der Waals surface area contributed by atoms with Gasteiger partial charge in [0.1, 0.15) is 11.4 Å².